The van der Waals surface area contributed by atoms with Crippen LogP contribution in [0.3, 0.4) is 0 Å². The summed E-state index contributed by atoms with van der Waals surface area (Å²) in [6, 6.07) is 2.72. The summed E-state index contributed by atoms with van der Waals surface area (Å²) in [6.45, 7) is 1.76. The van der Waals surface area contributed by atoms with Crippen LogP contribution in [0.4, 0.5) is 13.2 Å². The monoisotopic (exact) mass is 256 g/mol. The molecular formula is C12H11F3N2O. The van der Waals surface area contributed by atoms with Crippen LogP contribution in [0.25, 0.3) is 0 Å². The topological polar surface area (TPSA) is 52.9 Å². The van der Waals surface area contributed by atoms with Gasteiger partial charge in [0.15, 0.2) is 17.5 Å². The summed E-state index contributed by atoms with van der Waals surface area (Å²) in [4.78, 5) is 11.6. The Morgan fingerprint density at radius 3 is 2.39 bits per heavy atom. The van der Waals surface area contributed by atoms with Crippen molar-refractivity contribution in [2.45, 2.75) is 25.8 Å². The molecule has 1 atom stereocenters. The van der Waals surface area contributed by atoms with Crippen LogP contribution in [0.5, 0.6) is 0 Å². The van der Waals surface area contributed by atoms with Gasteiger partial charge in [-0.05, 0) is 18.6 Å². The second-order valence-electron chi connectivity index (χ2n) is 3.69. The summed E-state index contributed by atoms with van der Waals surface area (Å²) in [7, 11) is 0. The van der Waals surface area contributed by atoms with Gasteiger partial charge in [0.05, 0.1) is 12.5 Å². The molecular weight excluding hydrogens is 245 g/mol. The lowest BCUT2D eigenvalue weighted by Gasteiger charge is -2.13. The third-order valence-electron chi connectivity index (χ3n) is 2.41. The molecule has 1 rings (SSSR count). The fourth-order valence-corrected chi connectivity index (χ4v) is 1.36. The van der Waals surface area contributed by atoms with E-state index in [1.54, 1.807) is 6.92 Å². The number of benzene rings is 1. The summed E-state index contributed by atoms with van der Waals surface area (Å²) in [5.74, 6) is -5.20. The van der Waals surface area contributed by atoms with E-state index in [0.29, 0.717) is 18.6 Å². The highest BCUT2D eigenvalue weighted by Crippen LogP contribution is 2.14. The van der Waals surface area contributed by atoms with E-state index in [4.69, 9.17) is 5.26 Å². The summed E-state index contributed by atoms with van der Waals surface area (Å²) in [5, 5.41) is 10.9. The second kappa shape index (κ2) is 6.05. The van der Waals surface area contributed by atoms with E-state index in [9.17, 15) is 18.0 Å². The van der Waals surface area contributed by atoms with Gasteiger partial charge in [-0.15, -0.1) is 0 Å². The molecule has 0 fully saturated rings. The lowest BCUT2D eigenvalue weighted by atomic mass is 10.1. The molecule has 96 valence electrons. The maximum absolute atomic E-state index is 12.9. The Hall–Kier alpha value is -2.03. The highest BCUT2D eigenvalue weighted by molar-refractivity contribution is 5.94. The molecule has 6 heteroatoms. The molecule has 0 aliphatic carbocycles. The Kier molecular flexibility index (Phi) is 4.72. The van der Waals surface area contributed by atoms with Crippen LogP contribution in [0.15, 0.2) is 12.1 Å². The number of carbonyl (C=O) groups is 1. The molecule has 0 bridgehead atoms. The average Bonchev–Trinajstić information content (AvgIpc) is 2.34. The zero-order valence-corrected chi connectivity index (χ0v) is 9.64. The van der Waals surface area contributed by atoms with Crippen LogP contribution < -0.4 is 5.32 Å². The quantitative estimate of drug-likeness (QED) is 0.841. The Labute approximate surface area is 102 Å². The Balaban J connectivity index is 2.88. The van der Waals surface area contributed by atoms with E-state index in [2.05, 4.69) is 5.32 Å². The number of halogens is 3. The normalized spacial score (nSPS) is 11.7. The van der Waals surface area contributed by atoms with Gasteiger partial charge in [0.2, 0.25) is 0 Å². The van der Waals surface area contributed by atoms with Gasteiger partial charge in [-0.25, -0.2) is 13.2 Å². The Morgan fingerprint density at radius 2 is 1.94 bits per heavy atom. The fourth-order valence-electron chi connectivity index (χ4n) is 1.36. The smallest absolute Gasteiger partial charge is 0.251 e. The van der Waals surface area contributed by atoms with Crippen molar-refractivity contribution in [3.05, 3.63) is 35.1 Å². The lowest BCUT2D eigenvalue weighted by molar-refractivity contribution is 0.0935. The maximum atomic E-state index is 12.9. The van der Waals surface area contributed by atoms with Crippen molar-refractivity contribution in [1.29, 1.82) is 5.26 Å². The first-order valence-electron chi connectivity index (χ1n) is 5.32. The van der Waals surface area contributed by atoms with Gasteiger partial charge in [-0.2, -0.15) is 5.26 Å². The van der Waals surface area contributed by atoms with Crippen LogP contribution in [0, 0.1) is 28.8 Å². The van der Waals surface area contributed by atoms with E-state index in [0.717, 1.165) is 0 Å². The lowest BCUT2D eigenvalue weighted by Crippen LogP contribution is -2.34. The third-order valence-corrected chi connectivity index (χ3v) is 2.41. The van der Waals surface area contributed by atoms with Gasteiger partial charge in [0.25, 0.3) is 5.91 Å². The molecule has 0 heterocycles. The SMILES string of the molecule is CCC(CC#N)NC(=O)c1cc(F)c(F)c(F)c1. The standard InChI is InChI=1S/C12H11F3N2O/c1-2-8(3-4-16)17-12(18)7-5-9(13)11(15)10(14)6-7/h5-6,8H,2-3H2,1H3,(H,17,18). The molecule has 1 amide bonds. The van der Waals surface area contributed by atoms with Crippen molar-refractivity contribution < 1.29 is 18.0 Å². The summed E-state index contributed by atoms with van der Waals surface area (Å²) in [5.41, 5.74) is -0.317. The number of nitriles is 1. The number of nitrogens with one attached hydrogen (secondary N) is 1. The van der Waals surface area contributed by atoms with Crippen LogP contribution >= 0.6 is 0 Å². The molecule has 1 aromatic carbocycles. The largest absolute Gasteiger partial charge is 0.348 e. The Morgan fingerprint density at radius 1 is 1.39 bits per heavy atom. The summed E-state index contributed by atoms with van der Waals surface area (Å²) < 4.78 is 38.5. The Bertz CT molecular complexity index is 474. The van der Waals surface area contributed by atoms with Crippen molar-refractivity contribution in [2.75, 3.05) is 0 Å². The fraction of sp³-hybridized carbons (Fsp3) is 0.333. The molecule has 0 saturated carbocycles. The number of nitrogens with zero attached hydrogens (tertiary/aromatic N) is 1. The molecule has 3 nitrogen and oxygen atoms in total. The van der Waals surface area contributed by atoms with Crippen molar-refractivity contribution in [3.63, 3.8) is 0 Å². The number of amides is 1. The zero-order valence-electron chi connectivity index (χ0n) is 9.64. The van der Waals surface area contributed by atoms with Gasteiger partial charge >= 0.3 is 0 Å². The third kappa shape index (κ3) is 3.23. The summed E-state index contributed by atoms with van der Waals surface area (Å²) in [6.07, 6.45) is 0.597. The molecule has 0 aliphatic rings. The van der Waals surface area contributed by atoms with Gasteiger partial charge in [0, 0.05) is 11.6 Å². The molecule has 18 heavy (non-hydrogen) atoms. The molecule has 0 aliphatic heterocycles. The molecule has 0 saturated heterocycles. The highest BCUT2D eigenvalue weighted by atomic mass is 19.2. The minimum absolute atomic E-state index is 0.0917. The average molecular weight is 256 g/mol. The molecule has 0 spiro atoms. The summed E-state index contributed by atoms with van der Waals surface area (Å²) >= 11 is 0. The molecule has 1 N–H and O–H groups in total. The second-order valence-corrected chi connectivity index (χ2v) is 3.69. The van der Waals surface area contributed by atoms with Crippen LogP contribution in [0.2, 0.25) is 0 Å². The van der Waals surface area contributed by atoms with Gasteiger partial charge in [-0.3, -0.25) is 4.79 Å². The zero-order chi connectivity index (χ0) is 13.7. The predicted octanol–water partition coefficient (Wildman–Crippen LogP) is 2.53. The van der Waals surface area contributed by atoms with E-state index in [1.165, 1.54) is 0 Å². The van der Waals surface area contributed by atoms with Gasteiger partial charge in [0.1, 0.15) is 0 Å². The predicted molar refractivity (Wildman–Crippen MR) is 58.1 cm³/mol. The number of hydrogen-bond donors (Lipinski definition) is 1. The van der Waals surface area contributed by atoms with Crippen molar-refractivity contribution in [2.24, 2.45) is 0 Å². The first-order chi connectivity index (χ1) is 8.49. The maximum Gasteiger partial charge on any atom is 0.251 e. The number of hydrogen-bond acceptors (Lipinski definition) is 2. The van der Waals surface area contributed by atoms with Crippen molar-refractivity contribution in [1.82, 2.24) is 5.32 Å². The van der Waals surface area contributed by atoms with Gasteiger partial charge < -0.3 is 5.32 Å². The van der Waals surface area contributed by atoms with E-state index < -0.39 is 29.4 Å². The molecule has 1 aromatic rings. The van der Waals surface area contributed by atoms with Crippen molar-refractivity contribution >= 4 is 5.91 Å². The highest BCUT2D eigenvalue weighted by Gasteiger charge is 2.17. The van der Waals surface area contributed by atoms with Gasteiger partial charge in [-0.1, -0.05) is 6.92 Å². The van der Waals surface area contributed by atoms with E-state index in [1.807, 2.05) is 6.07 Å². The molecule has 0 radical (unpaired) electrons. The molecule has 1 unspecified atom stereocenters. The molecule has 0 aromatic heterocycles. The van der Waals surface area contributed by atoms with Crippen LogP contribution in [-0.4, -0.2) is 11.9 Å². The van der Waals surface area contributed by atoms with Crippen LogP contribution in [0.1, 0.15) is 30.1 Å². The first kappa shape index (κ1) is 14.0. The number of rotatable bonds is 4. The van der Waals surface area contributed by atoms with E-state index >= 15 is 0 Å². The first-order valence-corrected chi connectivity index (χ1v) is 5.32. The van der Waals surface area contributed by atoms with Crippen LogP contribution in [-0.2, 0) is 0 Å². The van der Waals surface area contributed by atoms with Crippen molar-refractivity contribution in [3.8, 4) is 6.07 Å². The number of carbonyl (C=O) groups excluding carboxylic acids is 1. The van der Waals surface area contributed by atoms with E-state index in [-0.39, 0.29) is 12.0 Å². The minimum atomic E-state index is -1.62. The minimum Gasteiger partial charge on any atom is -0.348 e.